The molecule has 1 aliphatic carbocycles. The molecule has 0 radical (unpaired) electrons. The Bertz CT molecular complexity index is 179. The second kappa shape index (κ2) is 3.48. The molecule has 2 atom stereocenters. The molecule has 62 valence electrons. The van der Waals surface area contributed by atoms with E-state index in [1.165, 1.54) is 4.86 Å². The first-order chi connectivity index (χ1) is 5.11. The van der Waals surface area contributed by atoms with Crippen LogP contribution in [0.2, 0.25) is 0 Å². The molecule has 0 bridgehead atoms. The molecular formula is C10H16S. The van der Waals surface area contributed by atoms with Crippen LogP contribution in [0.25, 0.3) is 0 Å². The number of rotatable bonds is 1. The van der Waals surface area contributed by atoms with Crippen molar-refractivity contribution in [3.05, 3.63) is 12.2 Å². The zero-order valence-electron chi connectivity index (χ0n) is 7.50. The molecule has 0 spiro atoms. The Kier molecular flexibility index (Phi) is 2.83. The summed E-state index contributed by atoms with van der Waals surface area (Å²) in [5, 5.41) is 0. The summed E-state index contributed by atoms with van der Waals surface area (Å²) in [6.07, 6.45) is 5.68. The van der Waals surface area contributed by atoms with E-state index in [1.54, 1.807) is 0 Å². The summed E-state index contributed by atoms with van der Waals surface area (Å²) < 4.78 is 0. The maximum atomic E-state index is 5.33. The van der Waals surface area contributed by atoms with Gasteiger partial charge in [0.15, 0.2) is 0 Å². The van der Waals surface area contributed by atoms with Gasteiger partial charge in [0.2, 0.25) is 0 Å². The SMILES string of the molecule is CC1C=CC(C(C)C)C(=S)C1. The smallest absolute Gasteiger partial charge is 0.0105 e. The molecule has 1 rings (SSSR count). The number of thiocarbonyl (C=S) groups is 1. The van der Waals surface area contributed by atoms with Gasteiger partial charge in [0.1, 0.15) is 0 Å². The van der Waals surface area contributed by atoms with E-state index in [4.69, 9.17) is 12.2 Å². The minimum absolute atomic E-state index is 0.557. The van der Waals surface area contributed by atoms with Crippen LogP contribution in [0, 0.1) is 17.8 Å². The standard InChI is InChI=1S/C10H16S/c1-7(2)9-5-4-8(3)6-10(9)11/h4-5,7-9H,6H2,1-3H3. The molecule has 0 heterocycles. The first-order valence-corrected chi connectivity index (χ1v) is 4.73. The third-order valence-electron chi connectivity index (χ3n) is 2.26. The fourth-order valence-electron chi connectivity index (χ4n) is 1.53. The van der Waals surface area contributed by atoms with Crippen LogP contribution >= 0.6 is 12.2 Å². The number of hydrogen-bond acceptors (Lipinski definition) is 1. The third-order valence-corrected chi connectivity index (χ3v) is 2.70. The maximum absolute atomic E-state index is 5.33. The Balaban J connectivity index is 2.68. The molecule has 1 heteroatoms. The Morgan fingerprint density at radius 1 is 1.45 bits per heavy atom. The van der Waals surface area contributed by atoms with Crippen LogP contribution in [0.4, 0.5) is 0 Å². The van der Waals surface area contributed by atoms with Crippen molar-refractivity contribution in [1.82, 2.24) is 0 Å². The molecular weight excluding hydrogens is 152 g/mol. The lowest BCUT2D eigenvalue weighted by Gasteiger charge is -2.24. The van der Waals surface area contributed by atoms with Crippen LogP contribution in [-0.2, 0) is 0 Å². The van der Waals surface area contributed by atoms with Crippen LogP contribution < -0.4 is 0 Å². The lowest BCUT2D eigenvalue weighted by atomic mass is 9.83. The first-order valence-electron chi connectivity index (χ1n) is 4.32. The maximum Gasteiger partial charge on any atom is 0.0105 e. The minimum atomic E-state index is 0.557. The predicted molar refractivity (Wildman–Crippen MR) is 53.8 cm³/mol. The number of allylic oxidation sites excluding steroid dienone is 2. The van der Waals surface area contributed by atoms with Crippen LogP contribution in [0.3, 0.4) is 0 Å². The van der Waals surface area contributed by atoms with Crippen molar-refractivity contribution in [3.63, 3.8) is 0 Å². The van der Waals surface area contributed by atoms with E-state index in [1.807, 2.05) is 0 Å². The largest absolute Gasteiger partial charge is 0.0890 e. The van der Waals surface area contributed by atoms with Gasteiger partial charge in [-0.25, -0.2) is 0 Å². The van der Waals surface area contributed by atoms with E-state index >= 15 is 0 Å². The Morgan fingerprint density at radius 3 is 2.55 bits per heavy atom. The van der Waals surface area contributed by atoms with Gasteiger partial charge in [0.05, 0.1) is 0 Å². The number of hydrogen-bond donors (Lipinski definition) is 0. The van der Waals surface area contributed by atoms with Crippen LogP contribution in [0.1, 0.15) is 27.2 Å². The van der Waals surface area contributed by atoms with Gasteiger partial charge in [0.25, 0.3) is 0 Å². The molecule has 0 N–H and O–H groups in total. The quantitative estimate of drug-likeness (QED) is 0.428. The van der Waals surface area contributed by atoms with E-state index in [2.05, 4.69) is 32.9 Å². The van der Waals surface area contributed by atoms with Crippen molar-refractivity contribution < 1.29 is 0 Å². The van der Waals surface area contributed by atoms with Gasteiger partial charge in [-0.3, -0.25) is 0 Å². The monoisotopic (exact) mass is 168 g/mol. The zero-order chi connectivity index (χ0) is 8.43. The fourth-order valence-corrected chi connectivity index (χ4v) is 2.15. The second-order valence-electron chi connectivity index (χ2n) is 3.80. The van der Waals surface area contributed by atoms with Crippen molar-refractivity contribution in [1.29, 1.82) is 0 Å². The van der Waals surface area contributed by atoms with Gasteiger partial charge in [-0.2, -0.15) is 0 Å². The van der Waals surface area contributed by atoms with Crippen molar-refractivity contribution in [2.75, 3.05) is 0 Å². The molecule has 1 aliphatic rings. The first kappa shape index (κ1) is 8.92. The van der Waals surface area contributed by atoms with Gasteiger partial charge in [-0.1, -0.05) is 45.1 Å². The highest BCUT2D eigenvalue weighted by Gasteiger charge is 2.20. The van der Waals surface area contributed by atoms with Gasteiger partial charge < -0.3 is 0 Å². The van der Waals surface area contributed by atoms with E-state index < -0.39 is 0 Å². The van der Waals surface area contributed by atoms with Crippen LogP contribution in [0.5, 0.6) is 0 Å². The van der Waals surface area contributed by atoms with E-state index in [9.17, 15) is 0 Å². The molecule has 0 fully saturated rings. The van der Waals surface area contributed by atoms with Gasteiger partial charge in [-0.15, -0.1) is 0 Å². The summed E-state index contributed by atoms with van der Waals surface area (Å²) >= 11 is 5.33. The molecule has 0 saturated heterocycles. The molecule has 0 nitrogen and oxygen atoms in total. The summed E-state index contributed by atoms with van der Waals surface area (Å²) in [4.78, 5) is 1.25. The van der Waals surface area contributed by atoms with E-state index in [-0.39, 0.29) is 0 Å². The lowest BCUT2D eigenvalue weighted by molar-refractivity contribution is 0.550. The Hall–Kier alpha value is -0.170. The highest BCUT2D eigenvalue weighted by Crippen LogP contribution is 2.25. The van der Waals surface area contributed by atoms with Crippen LogP contribution in [-0.4, -0.2) is 4.86 Å². The van der Waals surface area contributed by atoms with E-state index in [0.29, 0.717) is 17.8 Å². The van der Waals surface area contributed by atoms with Crippen molar-refractivity contribution in [2.45, 2.75) is 27.2 Å². The lowest BCUT2D eigenvalue weighted by Crippen LogP contribution is -2.21. The van der Waals surface area contributed by atoms with Crippen molar-refractivity contribution in [3.8, 4) is 0 Å². The molecule has 0 aromatic heterocycles. The molecule has 0 aliphatic heterocycles. The normalized spacial score (nSPS) is 31.5. The van der Waals surface area contributed by atoms with Crippen LogP contribution in [0.15, 0.2) is 12.2 Å². The topological polar surface area (TPSA) is 0 Å². The zero-order valence-corrected chi connectivity index (χ0v) is 8.32. The molecule has 0 amide bonds. The van der Waals surface area contributed by atoms with Gasteiger partial charge in [-0.05, 0) is 18.3 Å². The third kappa shape index (κ3) is 2.13. The Morgan fingerprint density at radius 2 is 2.09 bits per heavy atom. The average molecular weight is 168 g/mol. The summed E-state index contributed by atoms with van der Waals surface area (Å²) in [6, 6.07) is 0. The average Bonchev–Trinajstić information content (AvgIpc) is 1.85. The fraction of sp³-hybridized carbons (Fsp3) is 0.700. The van der Waals surface area contributed by atoms with Crippen molar-refractivity contribution in [2.24, 2.45) is 17.8 Å². The van der Waals surface area contributed by atoms with Gasteiger partial charge in [0, 0.05) is 10.8 Å². The summed E-state index contributed by atoms with van der Waals surface area (Å²) in [5.41, 5.74) is 0. The molecule has 0 aromatic rings. The van der Waals surface area contributed by atoms with E-state index in [0.717, 1.165) is 6.42 Å². The molecule has 0 saturated carbocycles. The van der Waals surface area contributed by atoms with Crippen molar-refractivity contribution >= 4 is 17.1 Å². The summed E-state index contributed by atoms with van der Waals surface area (Å²) in [5.74, 6) is 1.89. The summed E-state index contributed by atoms with van der Waals surface area (Å²) in [7, 11) is 0. The van der Waals surface area contributed by atoms with Gasteiger partial charge >= 0.3 is 0 Å². The Labute approximate surface area is 74.7 Å². The molecule has 2 unspecified atom stereocenters. The highest BCUT2D eigenvalue weighted by molar-refractivity contribution is 7.80. The predicted octanol–water partition coefficient (Wildman–Crippen LogP) is 3.22. The summed E-state index contributed by atoms with van der Waals surface area (Å²) in [6.45, 7) is 6.69. The minimum Gasteiger partial charge on any atom is -0.0890 e. The molecule has 11 heavy (non-hydrogen) atoms. The highest BCUT2D eigenvalue weighted by atomic mass is 32.1. The second-order valence-corrected chi connectivity index (χ2v) is 4.33. The molecule has 0 aromatic carbocycles.